The van der Waals surface area contributed by atoms with Gasteiger partial charge in [0.2, 0.25) is 0 Å². The Morgan fingerprint density at radius 2 is 2.04 bits per heavy atom. The Hall–Kier alpha value is -2.82. The maximum atomic E-state index is 13.2. The Bertz CT molecular complexity index is 700. The van der Waals surface area contributed by atoms with Crippen molar-refractivity contribution in [3.8, 4) is 11.5 Å². The monoisotopic (exact) mass is 315 g/mol. The largest absolute Gasteiger partial charge is 0.490 e. The Morgan fingerprint density at radius 1 is 1.22 bits per heavy atom. The summed E-state index contributed by atoms with van der Waals surface area (Å²) >= 11 is 0. The molecule has 0 bridgehead atoms. The molecule has 0 saturated carbocycles. The zero-order chi connectivity index (χ0) is 16.7. The highest BCUT2D eigenvalue weighted by Crippen LogP contribution is 2.29. The molecule has 0 aliphatic heterocycles. The van der Waals surface area contributed by atoms with Crippen molar-refractivity contribution in [1.29, 1.82) is 0 Å². The summed E-state index contributed by atoms with van der Waals surface area (Å²) in [6, 6.07) is 10.6. The second kappa shape index (κ2) is 7.98. The van der Waals surface area contributed by atoms with Crippen LogP contribution in [0, 0.1) is 5.82 Å². The summed E-state index contributed by atoms with van der Waals surface area (Å²) in [6.45, 7) is 6.22. The molecular formula is C18H18FNO3. The van der Waals surface area contributed by atoms with E-state index in [1.165, 1.54) is 18.2 Å². The van der Waals surface area contributed by atoms with Crippen LogP contribution < -0.4 is 14.8 Å². The number of amides is 1. The third-order valence-electron chi connectivity index (χ3n) is 2.94. The van der Waals surface area contributed by atoms with E-state index in [9.17, 15) is 9.18 Å². The van der Waals surface area contributed by atoms with Crippen LogP contribution in [0.4, 0.5) is 10.1 Å². The molecule has 0 aliphatic rings. The van der Waals surface area contributed by atoms with E-state index >= 15 is 0 Å². The van der Waals surface area contributed by atoms with Gasteiger partial charge in [0.1, 0.15) is 12.4 Å². The number of rotatable bonds is 7. The molecule has 2 aromatic rings. The van der Waals surface area contributed by atoms with Crippen molar-refractivity contribution in [3.05, 3.63) is 66.5 Å². The minimum atomic E-state index is -0.411. The molecule has 23 heavy (non-hydrogen) atoms. The van der Waals surface area contributed by atoms with Gasteiger partial charge >= 0.3 is 0 Å². The fourth-order valence-corrected chi connectivity index (χ4v) is 1.96. The number of ether oxygens (including phenoxy) is 2. The van der Waals surface area contributed by atoms with E-state index in [4.69, 9.17) is 9.47 Å². The fraction of sp³-hybridized carbons (Fsp3) is 0.167. The van der Waals surface area contributed by atoms with Gasteiger partial charge in [-0.15, -0.1) is 0 Å². The first-order chi connectivity index (χ1) is 11.1. The van der Waals surface area contributed by atoms with Crippen LogP contribution in [0.3, 0.4) is 0 Å². The minimum absolute atomic E-state index is 0.342. The number of halogens is 1. The predicted octanol–water partition coefficient (Wildman–Crippen LogP) is 4.04. The first-order valence-electron chi connectivity index (χ1n) is 7.21. The molecule has 0 saturated heterocycles. The van der Waals surface area contributed by atoms with Crippen LogP contribution in [0.1, 0.15) is 17.3 Å². The van der Waals surface area contributed by atoms with Gasteiger partial charge in [-0.1, -0.05) is 18.7 Å². The maximum Gasteiger partial charge on any atom is 0.255 e. The number of carbonyl (C=O) groups is 1. The molecule has 4 nitrogen and oxygen atoms in total. The minimum Gasteiger partial charge on any atom is -0.490 e. The van der Waals surface area contributed by atoms with Crippen LogP contribution in [0.15, 0.2) is 55.1 Å². The number of carbonyl (C=O) groups excluding carboxylic acids is 1. The van der Waals surface area contributed by atoms with Gasteiger partial charge in [-0.05, 0) is 43.3 Å². The molecule has 0 aromatic heterocycles. The SMILES string of the molecule is C=CCOc1ccc(C(=O)Nc2cccc(F)c2)cc1OCC. The first-order valence-corrected chi connectivity index (χ1v) is 7.21. The molecule has 0 fully saturated rings. The predicted molar refractivity (Wildman–Crippen MR) is 87.7 cm³/mol. The Kier molecular flexibility index (Phi) is 5.74. The molecule has 2 aromatic carbocycles. The van der Waals surface area contributed by atoms with Gasteiger partial charge in [0, 0.05) is 11.3 Å². The molecule has 0 radical (unpaired) electrons. The zero-order valence-corrected chi connectivity index (χ0v) is 12.8. The van der Waals surface area contributed by atoms with Crippen LogP contribution in [0.5, 0.6) is 11.5 Å². The Labute approximate surface area is 134 Å². The van der Waals surface area contributed by atoms with E-state index in [0.29, 0.717) is 36.0 Å². The third-order valence-corrected chi connectivity index (χ3v) is 2.94. The van der Waals surface area contributed by atoms with Gasteiger partial charge in [0.05, 0.1) is 6.61 Å². The Morgan fingerprint density at radius 3 is 2.74 bits per heavy atom. The van der Waals surface area contributed by atoms with Crippen LogP contribution >= 0.6 is 0 Å². The van der Waals surface area contributed by atoms with Gasteiger partial charge in [-0.25, -0.2) is 4.39 Å². The summed E-state index contributed by atoms with van der Waals surface area (Å²) in [6.07, 6.45) is 1.63. The molecule has 1 amide bonds. The Balaban J connectivity index is 2.19. The fourth-order valence-electron chi connectivity index (χ4n) is 1.96. The van der Waals surface area contributed by atoms with E-state index in [1.54, 1.807) is 30.3 Å². The van der Waals surface area contributed by atoms with E-state index < -0.39 is 5.82 Å². The van der Waals surface area contributed by atoms with E-state index in [-0.39, 0.29) is 5.91 Å². The quantitative estimate of drug-likeness (QED) is 0.784. The van der Waals surface area contributed by atoms with Crippen LogP contribution in [-0.4, -0.2) is 19.1 Å². The summed E-state index contributed by atoms with van der Waals surface area (Å²) in [5, 5.41) is 2.64. The summed E-state index contributed by atoms with van der Waals surface area (Å²) in [5.41, 5.74) is 0.781. The van der Waals surface area contributed by atoms with Gasteiger partial charge in [-0.2, -0.15) is 0 Å². The summed E-state index contributed by atoms with van der Waals surface area (Å²) in [5.74, 6) is 0.244. The second-order valence-corrected chi connectivity index (χ2v) is 4.66. The lowest BCUT2D eigenvalue weighted by atomic mass is 10.1. The number of anilines is 1. The molecule has 2 rings (SSSR count). The van der Waals surface area contributed by atoms with Crippen molar-refractivity contribution in [2.45, 2.75) is 6.92 Å². The lowest BCUT2D eigenvalue weighted by molar-refractivity contribution is 0.102. The van der Waals surface area contributed by atoms with Crippen molar-refractivity contribution in [2.24, 2.45) is 0 Å². The lowest BCUT2D eigenvalue weighted by Gasteiger charge is -2.12. The second-order valence-electron chi connectivity index (χ2n) is 4.66. The van der Waals surface area contributed by atoms with Gasteiger partial charge in [-0.3, -0.25) is 4.79 Å². The summed E-state index contributed by atoms with van der Waals surface area (Å²) in [7, 11) is 0. The van der Waals surface area contributed by atoms with Crippen molar-refractivity contribution in [3.63, 3.8) is 0 Å². The highest BCUT2D eigenvalue weighted by molar-refractivity contribution is 6.04. The van der Waals surface area contributed by atoms with Crippen molar-refractivity contribution < 1.29 is 18.7 Å². The highest BCUT2D eigenvalue weighted by Gasteiger charge is 2.12. The van der Waals surface area contributed by atoms with Gasteiger partial charge in [0.15, 0.2) is 11.5 Å². The molecular weight excluding hydrogens is 297 g/mol. The number of nitrogens with one attached hydrogen (secondary N) is 1. The van der Waals surface area contributed by atoms with Gasteiger partial charge < -0.3 is 14.8 Å². The molecule has 120 valence electrons. The molecule has 0 atom stereocenters. The number of benzene rings is 2. The zero-order valence-electron chi connectivity index (χ0n) is 12.8. The van der Waals surface area contributed by atoms with Crippen LogP contribution in [0.25, 0.3) is 0 Å². The molecule has 0 spiro atoms. The highest BCUT2D eigenvalue weighted by atomic mass is 19.1. The molecule has 0 heterocycles. The average molecular weight is 315 g/mol. The summed E-state index contributed by atoms with van der Waals surface area (Å²) in [4.78, 5) is 12.3. The normalized spacial score (nSPS) is 10.0. The van der Waals surface area contributed by atoms with E-state index in [0.717, 1.165) is 0 Å². The van der Waals surface area contributed by atoms with Crippen molar-refractivity contribution in [2.75, 3.05) is 18.5 Å². The summed E-state index contributed by atoms with van der Waals surface area (Å²) < 4.78 is 24.1. The smallest absolute Gasteiger partial charge is 0.255 e. The standard InChI is InChI=1S/C18H18FNO3/c1-3-10-23-16-9-8-13(11-17(16)22-4-2)18(21)20-15-7-5-6-14(19)12-15/h3,5-9,11-12H,1,4,10H2,2H3,(H,20,21). The third kappa shape index (κ3) is 4.57. The van der Waals surface area contributed by atoms with Crippen molar-refractivity contribution in [1.82, 2.24) is 0 Å². The molecule has 5 heteroatoms. The van der Waals surface area contributed by atoms with Gasteiger partial charge in [0.25, 0.3) is 5.91 Å². The van der Waals surface area contributed by atoms with E-state index in [1.807, 2.05) is 6.92 Å². The molecule has 0 unspecified atom stereocenters. The number of hydrogen-bond donors (Lipinski definition) is 1. The van der Waals surface area contributed by atoms with Crippen LogP contribution in [-0.2, 0) is 0 Å². The van der Waals surface area contributed by atoms with Crippen molar-refractivity contribution >= 4 is 11.6 Å². The van der Waals surface area contributed by atoms with E-state index in [2.05, 4.69) is 11.9 Å². The maximum absolute atomic E-state index is 13.2. The first kappa shape index (κ1) is 16.5. The molecule has 1 N–H and O–H groups in total. The lowest BCUT2D eigenvalue weighted by Crippen LogP contribution is -2.12. The van der Waals surface area contributed by atoms with Crippen LogP contribution in [0.2, 0.25) is 0 Å². The number of hydrogen-bond acceptors (Lipinski definition) is 3. The topological polar surface area (TPSA) is 47.6 Å². The average Bonchev–Trinajstić information content (AvgIpc) is 2.54. The molecule has 0 aliphatic carbocycles.